The van der Waals surface area contributed by atoms with Crippen molar-refractivity contribution in [3.63, 3.8) is 0 Å². The third-order valence-corrected chi connectivity index (χ3v) is 5.05. The second-order valence-electron chi connectivity index (χ2n) is 6.65. The van der Waals surface area contributed by atoms with Gasteiger partial charge in [-0.15, -0.1) is 0 Å². The number of nitrogens with one attached hydrogen (secondary N) is 1. The summed E-state index contributed by atoms with van der Waals surface area (Å²) in [7, 11) is 0. The first-order valence-electron chi connectivity index (χ1n) is 8.17. The molecule has 2 aliphatic carbocycles. The van der Waals surface area contributed by atoms with E-state index in [0.717, 1.165) is 17.6 Å². The number of carbonyl (C=O) groups is 1. The second-order valence-corrected chi connectivity index (χ2v) is 6.65. The highest BCUT2D eigenvalue weighted by Gasteiger charge is 2.39. The van der Waals surface area contributed by atoms with E-state index in [1.54, 1.807) is 0 Å². The van der Waals surface area contributed by atoms with Crippen molar-refractivity contribution in [1.29, 1.82) is 0 Å². The first-order valence-corrected chi connectivity index (χ1v) is 8.17. The minimum Gasteiger partial charge on any atom is -0.492 e. The molecule has 3 heteroatoms. The van der Waals surface area contributed by atoms with E-state index in [-0.39, 0.29) is 5.91 Å². The summed E-state index contributed by atoms with van der Waals surface area (Å²) in [6.07, 6.45) is 6.10. The molecule has 114 valence electrons. The van der Waals surface area contributed by atoms with Crippen LogP contribution in [0.25, 0.3) is 0 Å². The molecule has 2 bridgehead atoms. The fraction of sp³-hybridized carbons (Fsp3) is 0.611. The Morgan fingerprint density at radius 3 is 2.71 bits per heavy atom. The molecule has 1 amide bonds. The molecule has 1 aromatic carbocycles. The van der Waals surface area contributed by atoms with Gasteiger partial charge < -0.3 is 10.1 Å². The Balaban J connectivity index is 1.32. The molecule has 3 atom stereocenters. The van der Waals surface area contributed by atoms with Crippen LogP contribution in [0.3, 0.4) is 0 Å². The highest BCUT2D eigenvalue weighted by atomic mass is 16.5. The Kier molecular flexibility index (Phi) is 4.47. The van der Waals surface area contributed by atoms with E-state index >= 15 is 0 Å². The van der Waals surface area contributed by atoms with Gasteiger partial charge in [-0.2, -0.15) is 0 Å². The molecule has 1 N–H and O–H groups in total. The number of fused-ring (bicyclic) bond motifs is 2. The summed E-state index contributed by atoms with van der Waals surface area (Å²) in [6.45, 7) is 3.18. The molecule has 2 saturated carbocycles. The minimum absolute atomic E-state index is 0.194. The molecule has 1 aromatic rings. The lowest BCUT2D eigenvalue weighted by molar-refractivity contribution is -0.122. The zero-order chi connectivity index (χ0) is 14.7. The Hall–Kier alpha value is -1.51. The van der Waals surface area contributed by atoms with Gasteiger partial charge in [-0.3, -0.25) is 4.79 Å². The predicted octanol–water partition coefficient (Wildman–Crippen LogP) is 3.32. The number of amides is 1. The second kappa shape index (κ2) is 6.50. The van der Waals surface area contributed by atoms with Gasteiger partial charge in [0.1, 0.15) is 12.4 Å². The SMILES string of the molecule is Cc1ccc(OCCNC(=O)C[C@@H]2C[C@@H]3CC[C@@H]2C3)cc1. The first kappa shape index (κ1) is 14.4. The van der Waals surface area contributed by atoms with Gasteiger partial charge in [0.15, 0.2) is 0 Å². The Bertz CT molecular complexity index is 482. The zero-order valence-corrected chi connectivity index (χ0v) is 12.8. The van der Waals surface area contributed by atoms with Crippen LogP contribution in [0.1, 0.15) is 37.7 Å². The molecule has 0 heterocycles. The van der Waals surface area contributed by atoms with Crippen LogP contribution in [0.2, 0.25) is 0 Å². The van der Waals surface area contributed by atoms with Crippen molar-refractivity contribution in [2.24, 2.45) is 17.8 Å². The number of hydrogen-bond acceptors (Lipinski definition) is 2. The summed E-state index contributed by atoms with van der Waals surface area (Å²) in [5, 5.41) is 2.99. The average molecular weight is 287 g/mol. The molecular formula is C18H25NO2. The lowest BCUT2D eigenvalue weighted by Gasteiger charge is -2.20. The van der Waals surface area contributed by atoms with Crippen molar-refractivity contribution in [3.05, 3.63) is 29.8 Å². The molecule has 0 aromatic heterocycles. The number of carbonyl (C=O) groups excluding carboxylic acids is 1. The van der Waals surface area contributed by atoms with Gasteiger partial charge in [0, 0.05) is 6.42 Å². The third kappa shape index (κ3) is 3.78. The number of benzene rings is 1. The topological polar surface area (TPSA) is 38.3 Å². The summed E-state index contributed by atoms with van der Waals surface area (Å²) in [6, 6.07) is 7.99. The van der Waals surface area contributed by atoms with Crippen LogP contribution in [0.4, 0.5) is 0 Å². The van der Waals surface area contributed by atoms with Crippen molar-refractivity contribution < 1.29 is 9.53 Å². The third-order valence-electron chi connectivity index (χ3n) is 5.05. The zero-order valence-electron chi connectivity index (χ0n) is 12.8. The summed E-state index contributed by atoms with van der Waals surface area (Å²) in [5.74, 6) is 3.44. The van der Waals surface area contributed by atoms with E-state index in [2.05, 4.69) is 12.2 Å². The van der Waals surface area contributed by atoms with Crippen LogP contribution in [0.5, 0.6) is 5.75 Å². The Morgan fingerprint density at radius 2 is 2.05 bits per heavy atom. The van der Waals surface area contributed by atoms with Gasteiger partial charge in [-0.25, -0.2) is 0 Å². The Labute approximate surface area is 127 Å². The number of aryl methyl sites for hydroxylation is 1. The summed E-state index contributed by atoms with van der Waals surface area (Å²) < 4.78 is 5.62. The van der Waals surface area contributed by atoms with Gasteiger partial charge in [-0.1, -0.05) is 24.1 Å². The summed E-state index contributed by atoms with van der Waals surface area (Å²) in [5.41, 5.74) is 1.22. The molecule has 2 aliphatic rings. The lowest BCUT2D eigenvalue weighted by atomic mass is 9.86. The number of hydrogen-bond donors (Lipinski definition) is 1. The summed E-state index contributed by atoms with van der Waals surface area (Å²) in [4.78, 5) is 12.0. The van der Waals surface area contributed by atoms with Crippen LogP contribution in [0.15, 0.2) is 24.3 Å². The van der Waals surface area contributed by atoms with Gasteiger partial charge in [0.2, 0.25) is 5.91 Å². The van der Waals surface area contributed by atoms with Crippen molar-refractivity contribution in [2.75, 3.05) is 13.2 Å². The quantitative estimate of drug-likeness (QED) is 0.815. The predicted molar refractivity (Wildman–Crippen MR) is 83.2 cm³/mol. The highest BCUT2D eigenvalue weighted by molar-refractivity contribution is 5.76. The van der Waals surface area contributed by atoms with E-state index in [1.165, 1.54) is 31.2 Å². The molecule has 0 radical (unpaired) electrons. The van der Waals surface area contributed by atoms with Gasteiger partial charge >= 0.3 is 0 Å². The molecule has 2 fully saturated rings. The van der Waals surface area contributed by atoms with Crippen LogP contribution in [-0.2, 0) is 4.79 Å². The van der Waals surface area contributed by atoms with E-state index in [9.17, 15) is 4.79 Å². The largest absolute Gasteiger partial charge is 0.492 e. The smallest absolute Gasteiger partial charge is 0.220 e. The summed E-state index contributed by atoms with van der Waals surface area (Å²) >= 11 is 0. The van der Waals surface area contributed by atoms with Gasteiger partial charge in [0.05, 0.1) is 6.54 Å². The van der Waals surface area contributed by atoms with E-state index < -0.39 is 0 Å². The maximum atomic E-state index is 12.0. The maximum absolute atomic E-state index is 12.0. The molecule has 3 rings (SSSR count). The van der Waals surface area contributed by atoms with Gasteiger partial charge in [-0.05, 0) is 56.1 Å². The van der Waals surface area contributed by atoms with Crippen molar-refractivity contribution >= 4 is 5.91 Å². The van der Waals surface area contributed by atoms with E-state index in [1.807, 2.05) is 24.3 Å². The minimum atomic E-state index is 0.194. The average Bonchev–Trinajstić information content (AvgIpc) is 3.08. The normalized spacial score (nSPS) is 26.8. The van der Waals surface area contributed by atoms with Gasteiger partial charge in [0.25, 0.3) is 0 Å². The van der Waals surface area contributed by atoms with Crippen LogP contribution >= 0.6 is 0 Å². The molecule has 0 unspecified atom stereocenters. The van der Waals surface area contributed by atoms with Crippen molar-refractivity contribution in [1.82, 2.24) is 5.32 Å². The van der Waals surface area contributed by atoms with Crippen LogP contribution < -0.4 is 10.1 Å². The van der Waals surface area contributed by atoms with Crippen LogP contribution in [0, 0.1) is 24.7 Å². The van der Waals surface area contributed by atoms with Crippen molar-refractivity contribution in [3.8, 4) is 5.75 Å². The lowest BCUT2D eigenvalue weighted by Crippen LogP contribution is -2.30. The molecule has 3 nitrogen and oxygen atoms in total. The molecule has 0 aliphatic heterocycles. The maximum Gasteiger partial charge on any atom is 0.220 e. The monoisotopic (exact) mass is 287 g/mol. The number of ether oxygens (including phenoxy) is 1. The first-order chi connectivity index (χ1) is 10.2. The molecule has 0 saturated heterocycles. The highest BCUT2D eigenvalue weighted by Crippen LogP contribution is 2.49. The standard InChI is InChI=1S/C18H25NO2/c1-13-2-6-17(7-3-13)21-9-8-19-18(20)12-16-11-14-4-5-15(16)10-14/h2-3,6-7,14-16H,4-5,8-12H2,1H3,(H,19,20)/t14-,15-,16+/m1/s1. The number of rotatable bonds is 6. The van der Waals surface area contributed by atoms with E-state index in [4.69, 9.17) is 4.74 Å². The van der Waals surface area contributed by atoms with Crippen LogP contribution in [-0.4, -0.2) is 19.1 Å². The molecular weight excluding hydrogens is 262 g/mol. The fourth-order valence-electron chi connectivity index (χ4n) is 3.93. The molecule has 0 spiro atoms. The molecule has 21 heavy (non-hydrogen) atoms. The Morgan fingerprint density at radius 1 is 1.24 bits per heavy atom. The van der Waals surface area contributed by atoms with Crippen molar-refractivity contribution in [2.45, 2.75) is 39.0 Å². The fourth-order valence-corrected chi connectivity index (χ4v) is 3.93. The van der Waals surface area contributed by atoms with E-state index in [0.29, 0.717) is 25.5 Å².